The van der Waals surface area contributed by atoms with Crippen LogP contribution in [0.25, 0.3) is 0 Å². The van der Waals surface area contributed by atoms with Crippen molar-refractivity contribution in [2.45, 2.75) is 32.2 Å². The van der Waals surface area contributed by atoms with Gasteiger partial charge in [0.15, 0.2) is 0 Å². The van der Waals surface area contributed by atoms with Gasteiger partial charge in [-0.15, -0.1) is 0 Å². The first-order chi connectivity index (χ1) is 14.5. The van der Waals surface area contributed by atoms with E-state index in [2.05, 4.69) is 10.6 Å². The van der Waals surface area contributed by atoms with E-state index in [1.54, 1.807) is 13.0 Å². The zero-order chi connectivity index (χ0) is 21.9. The first-order valence-corrected chi connectivity index (χ1v) is 10.00. The van der Waals surface area contributed by atoms with Gasteiger partial charge in [-0.1, -0.05) is 30.3 Å². The number of hydrogen-bond acceptors (Lipinski definition) is 6. The van der Waals surface area contributed by atoms with Gasteiger partial charge in [-0.25, -0.2) is 4.79 Å². The molecule has 1 atom stereocenters. The third-order valence-electron chi connectivity index (χ3n) is 4.69. The number of amides is 1. The second-order valence-electron chi connectivity index (χ2n) is 7.03. The molecule has 0 fully saturated rings. The summed E-state index contributed by atoms with van der Waals surface area (Å²) >= 11 is 0. The van der Waals surface area contributed by atoms with Gasteiger partial charge >= 0.3 is 5.97 Å². The van der Waals surface area contributed by atoms with Crippen molar-refractivity contribution >= 4 is 11.9 Å². The Kier molecular flexibility index (Phi) is 9.15. The minimum atomic E-state index is -0.868. The van der Waals surface area contributed by atoms with Crippen LogP contribution >= 0.6 is 0 Å². The molecule has 0 saturated carbocycles. The van der Waals surface area contributed by atoms with Crippen LogP contribution in [0.5, 0.6) is 11.5 Å². The number of carbonyl (C=O) groups is 2. The van der Waals surface area contributed by atoms with E-state index in [0.29, 0.717) is 12.4 Å². The van der Waals surface area contributed by atoms with E-state index in [9.17, 15) is 14.7 Å². The molecule has 0 radical (unpaired) electrons. The predicted molar refractivity (Wildman–Crippen MR) is 115 cm³/mol. The molecule has 0 spiro atoms. The summed E-state index contributed by atoms with van der Waals surface area (Å²) in [5.41, 5.74) is 1.69. The second kappa shape index (κ2) is 11.8. The summed E-state index contributed by atoms with van der Waals surface area (Å²) in [6.45, 7) is 3.24. The van der Waals surface area contributed by atoms with Crippen molar-refractivity contribution in [1.29, 1.82) is 0 Å². The molecule has 162 valence electrons. The van der Waals surface area contributed by atoms with Gasteiger partial charge in [0.25, 0.3) is 5.91 Å². The lowest BCUT2D eigenvalue weighted by Gasteiger charge is -2.18. The highest BCUT2D eigenvalue weighted by Gasteiger charge is 2.24. The van der Waals surface area contributed by atoms with Crippen LogP contribution in [0.1, 0.15) is 34.3 Å². The fraction of sp³-hybridized carbons (Fsp3) is 0.391. The smallest absolute Gasteiger partial charge is 0.328 e. The van der Waals surface area contributed by atoms with Crippen LogP contribution in [0.3, 0.4) is 0 Å². The van der Waals surface area contributed by atoms with Crippen molar-refractivity contribution in [3.8, 4) is 11.5 Å². The van der Waals surface area contributed by atoms with Crippen molar-refractivity contribution in [2.75, 3.05) is 27.3 Å². The number of ether oxygens (including phenoxy) is 2. The topological polar surface area (TPSA) is 96.9 Å². The normalized spacial score (nSPS) is 11.6. The number of methoxy groups -OCH3 is 1. The Labute approximate surface area is 177 Å². The Morgan fingerprint density at radius 2 is 1.87 bits per heavy atom. The van der Waals surface area contributed by atoms with Crippen LogP contribution < -0.4 is 15.4 Å². The number of hydrogen-bond donors (Lipinski definition) is 3. The SMILES string of the molecule is CNCCCCOc1cc(O)c(C(=O)N[C@@H](Cc2ccccc2)C(=O)OC)cc1C. The van der Waals surface area contributed by atoms with Crippen molar-refractivity contribution in [2.24, 2.45) is 0 Å². The average Bonchev–Trinajstić information content (AvgIpc) is 2.75. The Balaban J connectivity index is 2.08. The lowest BCUT2D eigenvalue weighted by Crippen LogP contribution is -2.43. The Hall–Kier alpha value is -3.06. The summed E-state index contributed by atoms with van der Waals surface area (Å²) < 4.78 is 10.5. The number of esters is 1. The summed E-state index contributed by atoms with van der Waals surface area (Å²) in [7, 11) is 3.17. The molecule has 0 aliphatic rings. The van der Waals surface area contributed by atoms with Gasteiger partial charge in [0.05, 0.1) is 19.3 Å². The molecule has 0 heterocycles. The molecule has 1 amide bonds. The third-order valence-corrected chi connectivity index (χ3v) is 4.69. The van der Waals surface area contributed by atoms with E-state index in [0.717, 1.165) is 30.5 Å². The molecule has 0 aliphatic heterocycles. The summed E-state index contributed by atoms with van der Waals surface area (Å²) in [6.07, 6.45) is 2.15. The molecule has 2 rings (SSSR count). The van der Waals surface area contributed by atoms with Crippen molar-refractivity contribution in [3.63, 3.8) is 0 Å². The zero-order valence-corrected chi connectivity index (χ0v) is 17.7. The van der Waals surface area contributed by atoms with Crippen LogP contribution in [-0.2, 0) is 16.0 Å². The van der Waals surface area contributed by atoms with Gasteiger partial charge in [0, 0.05) is 12.5 Å². The highest BCUT2D eigenvalue weighted by atomic mass is 16.5. The summed E-state index contributed by atoms with van der Waals surface area (Å²) in [5, 5.41) is 16.1. The first-order valence-electron chi connectivity index (χ1n) is 10.00. The predicted octanol–water partition coefficient (Wildman–Crippen LogP) is 2.59. The van der Waals surface area contributed by atoms with Crippen LogP contribution in [0.4, 0.5) is 0 Å². The zero-order valence-electron chi connectivity index (χ0n) is 17.7. The molecular formula is C23H30N2O5. The minimum Gasteiger partial charge on any atom is -0.507 e. The molecule has 7 heteroatoms. The molecule has 0 aromatic heterocycles. The molecule has 0 saturated heterocycles. The van der Waals surface area contributed by atoms with E-state index < -0.39 is 17.9 Å². The van der Waals surface area contributed by atoms with Gasteiger partial charge < -0.3 is 25.2 Å². The van der Waals surface area contributed by atoms with Gasteiger partial charge in [-0.05, 0) is 50.6 Å². The van der Waals surface area contributed by atoms with E-state index in [1.807, 2.05) is 37.4 Å². The van der Waals surface area contributed by atoms with Gasteiger partial charge in [-0.2, -0.15) is 0 Å². The average molecular weight is 415 g/mol. The van der Waals surface area contributed by atoms with Gasteiger partial charge in [0.1, 0.15) is 17.5 Å². The molecular weight excluding hydrogens is 384 g/mol. The molecule has 0 aliphatic carbocycles. The Morgan fingerprint density at radius 1 is 1.13 bits per heavy atom. The van der Waals surface area contributed by atoms with Gasteiger partial charge in [-0.3, -0.25) is 4.79 Å². The molecule has 0 bridgehead atoms. The maximum atomic E-state index is 12.8. The molecule has 7 nitrogen and oxygen atoms in total. The lowest BCUT2D eigenvalue weighted by molar-refractivity contribution is -0.142. The van der Waals surface area contributed by atoms with Crippen molar-refractivity contribution in [3.05, 3.63) is 59.2 Å². The molecule has 30 heavy (non-hydrogen) atoms. The largest absolute Gasteiger partial charge is 0.507 e. The number of phenolic OH excluding ortho intramolecular Hbond substituents is 1. The van der Waals surface area contributed by atoms with Crippen LogP contribution in [0.15, 0.2) is 42.5 Å². The lowest BCUT2D eigenvalue weighted by atomic mass is 10.0. The highest BCUT2D eigenvalue weighted by Crippen LogP contribution is 2.28. The summed E-state index contributed by atoms with van der Waals surface area (Å²) in [5.74, 6) is -0.776. The van der Waals surface area contributed by atoms with Crippen molar-refractivity contribution < 1.29 is 24.2 Å². The van der Waals surface area contributed by atoms with Crippen molar-refractivity contribution in [1.82, 2.24) is 10.6 Å². The third kappa shape index (κ3) is 6.77. The number of benzene rings is 2. The summed E-state index contributed by atoms with van der Waals surface area (Å²) in [4.78, 5) is 24.9. The summed E-state index contributed by atoms with van der Waals surface area (Å²) in [6, 6.07) is 11.5. The molecule has 0 unspecified atom stereocenters. The maximum Gasteiger partial charge on any atom is 0.328 e. The fourth-order valence-electron chi connectivity index (χ4n) is 3.02. The minimum absolute atomic E-state index is 0.0806. The van der Waals surface area contributed by atoms with E-state index in [1.165, 1.54) is 13.2 Å². The standard InChI is InChI=1S/C23H30N2O5/c1-16-13-18(20(26)15-21(16)30-12-8-7-11-24-2)22(27)25-19(23(28)29-3)14-17-9-5-4-6-10-17/h4-6,9-10,13,15,19,24,26H,7-8,11-12,14H2,1-3H3,(H,25,27)/t19-/m0/s1. The second-order valence-corrected chi connectivity index (χ2v) is 7.03. The highest BCUT2D eigenvalue weighted by molar-refractivity contribution is 5.99. The van der Waals surface area contributed by atoms with E-state index >= 15 is 0 Å². The number of aryl methyl sites for hydroxylation is 1. The number of phenols is 1. The van der Waals surface area contributed by atoms with Crippen LogP contribution in [0, 0.1) is 6.92 Å². The monoisotopic (exact) mass is 414 g/mol. The fourth-order valence-corrected chi connectivity index (χ4v) is 3.02. The molecule has 2 aromatic carbocycles. The first kappa shape index (κ1) is 23.2. The Bertz CT molecular complexity index is 839. The number of aromatic hydroxyl groups is 1. The number of unbranched alkanes of at least 4 members (excludes halogenated alkanes) is 1. The molecule has 2 aromatic rings. The number of carbonyl (C=O) groups excluding carboxylic acids is 2. The van der Waals surface area contributed by atoms with E-state index in [4.69, 9.17) is 9.47 Å². The Morgan fingerprint density at radius 3 is 2.53 bits per heavy atom. The maximum absolute atomic E-state index is 12.8. The molecule has 3 N–H and O–H groups in total. The number of rotatable bonds is 11. The van der Waals surface area contributed by atoms with E-state index in [-0.39, 0.29) is 17.7 Å². The van der Waals surface area contributed by atoms with Crippen LogP contribution in [-0.4, -0.2) is 50.3 Å². The quantitative estimate of drug-likeness (QED) is 0.386. The van der Waals surface area contributed by atoms with Crippen LogP contribution in [0.2, 0.25) is 0 Å². The number of nitrogens with one attached hydrogen (secondary N) is 2. The van der Waals surface area contributed by atoms with Gasteiger partial charge in [0.2, 0.25) is 0 Å².